The molecule has 0 spiro atoms. The molecular weight excluding hydrogens is 313 g/mol. The van der Waals surface area contributed by atoms with Crippen molar-refractivity contribution < 1.29 is 14.3 Å². The number of hydrogen-bond donors (Lipinski definition) is 1. The molecule has 2 aromatic rings. The molecule has 4 nitrogen and oxygen atoms in total. The summed E-state index contributed by atoms with van der Waals surface area (Å²) >= 11 is 12.2. The number of fused-ring (bicyclic) bond motifs is 1. The molecule has 0 bridgehead atoms. The fraction of sp³-hybridized carbons (Fsp3) is 0.133. The lowest BCUT2D eigenvalue weighted by Gasteiger charge is -2.27. The lowest BCUT2D eigenvalue weighted by molar-refractivity contribution is 0.0756. The summed E-state index contributed by atoms with van der Waals surface area (Å²) in [5, 5.41) is 3.48. The molecule has 3 rings (SSSR count). The second-order valence-electron chi connectivity index (χ2n) is 4.49. The predicted octanol–water partition coefficient (Wildman–Crippen LogP) is 3.82. The minimum absolute atomic E-state index is 0.204. The average Bonchev–Trinajstić information content (AvgIpc) is 2.47. The van der Waals surface area contributed by atoms with E-state index in [-0.39, 0.29) is 5.91 Å². The fourth-order valence-corrected chi connectivity index (χ4v) is 2.85. The van der Waals surface area contributed by atoms with Crippen LogP contribution in [0.1, 0.15) is 22.1 Å². The van der Waals surface area contributed by atoms with Crippen molar-refractivity contribution in [1.29, 1.82) is 0 Å². The van der Waals surface area contributed by atoms with Crippen LogP contribution in [0.4, 0.5) is 0 Å². The summed E-state index contributed by atoms with van der Waals surface area (Å²) in [7, 11) is 1.49. The number of hydrogen-bond acceptors (Lipinski definition) is 3. The van der Waals surface area contributed by atoms with Gasteiger partial charge in [0.15, 0.2) is 12.0 Å². The molecule has 0 saturated heterocycles. The van der Waals surface area contributed by atoms with Crippen molar-refractivity contribution in [2.45, 2.75) is 6.23 Å². The van der Waals surface area contributed by atoms with Gasteiger partial charge in [0.05, 0.1) is 22.7 Å². The van der Waals surface area contributed by atoms with Gasteiger partial charge in [-0.05, 0) is 24.3 Å². The first-order valence-corrected chi connectivity index (χ1v) is 6.95. The molecule has 1 aliphatic heterocycles. The molecule has 0 aliphatic carbocycles. The Balaban J connectivity index is 1.98. The second-order valence-corrected chi connectivity index (χ2v) is 5.30. The van der Waals surface area contributed by atoms with E-state index >= 15 is 0 Å². The summed E-state index contributed by atoms with van der Waals surface area (Å²) in [6, 6.07) is 10.4. The number of carbonyl (C=O) groups excluding carboxylic acids is 1. The molecule has 1 atom stereocenters. The van der Waals surface area contributed by atoms with Gasteiger partial charge < -0.3 is 14.8 Å². The quantitative estimate of drug-likeness (QED) is 0.913. The second kappa shape index (κ2) is 5.47. The summed E-state index contributed by atoms with van der Waals surface area (Å²) in [5.74, 6) is 0.712. The molecule has 1 heterocycles. The third kappa shape index (κ3) is 2.52. The van der Waals surface area contributed by atoms with Crippen LogP contribution >= 0.6 is 23.2 Å². The van der Waals surface area contributed by atoms with Crippen LogP contribution in [0.15, 0.2) is 36.4 Å². The third-order valence-electron chi connectivity index (χ3n) is 3.17. The van der Waals surface area contributed by atoms with Crippen molar-refractivity contribution in [3.05, 3.63) is 57.6 Å². The van der Waals surface area contributed by atoms with Crippen molar-refractivity contribution in [3.8, 4) is 11.5 Å². The lowest BCUT2D eigenvalue weighted by Crippen LogP contribution is -2.36. The van der Waals surface area contributed by atoms with E-state index < -0.39 is 6.23 Å². The van der Waals surface area contributed by atoms with E-state index in [1.54, 1.807) is 30.3 Å². The van der Waals surface area contributed by atoms with Crippen LogP contribution in [-0.4, -0.2) is 13.0 Å². The monoisotopic (exact) mass is 323 g/mol. The number of benzene rings is 2. The Bertz CT molecular complexity index is 695. The van der Waals surface area contributed by atoms with Crippen molar-refractivity contribution in [2.24, 2.45) is 0 Å². The van der Waals surface area contributed by atoms with Crippen LogP contribution in [0.5, 0.6) is 11.5 Å². The molecule has 1 N–H and O–H groups in total. The molecule has 0 aromatic heterocycles. The summed E-state index contributed by atoms with van der Waals surface area (Å²) in [4.78, 5) is 12.1. The topological polar surface area (TPSA) is 47.6 Å². The van der Waals surface area contributed by atoms with Crippen LogP contribution in [-0.2, 0) is 0 Å². The van der Waals surface area contributed by atoms with E-state index in [9.17, 15) is 4.79 Å². The number of carbonyl (C=O) groups is 1. The Kier molecular flexibility index (Phi) is 3.66. The standard InChI is InChI=1S/C15H11Cl2NO3/c1-20-13-10(16)6-8(7-11(13)17)15-18-14(19)9-4-2-3-5-12(9)21-15/h2-7,15H,1H3,(H,18,19). The number of nitrogens with one attached hydrogen (secondary N) is 1. The van der Waals surface area contributed by atoms with Gasteiger partial charge in [0.2, 0.25) is 0 Å². The normalized spacial score (nSPS) is 16.7. The van der Waals surface area contributed by atoms with E-state index in [2.05, 4.69) is 5.32 Å². The van der Waals surface area contributed by atoms with Crippen LogP contribution < -0.4 is 14.8 Å². The lowest BCUT2D eigenvalue weighted by atomic mass is 10.1. The van der Waals surface area contributed by atoms with Gasteiger partial charge in [-0.25, -0.2) is 0 Å². The van der Waals surface area contributed by atoms with E-state index in [0.29, 0.717) is 32.7 Å². The molecule has 1 unspecified atom stereocenters. The number of methoxy groups -OCH3 is 1. The van der Waals surface area contributed by atoms with Gasteiger partial charge >= 0.3 is 0 Å². The Morgan fingerprint density at radius 3 is 2.52 bits per heavy atom. The molecular formula is C15H11Cl2NO3. The SMILES string of the molecule is COc1c(Cl)cc(C2NC(=O)c3ccccc3O2)cc1Cl. The Labute approximate surface area is 131 Å². The maximum Gasteiger partial charge on any atom is 0.258 e. The summed E-state index contributed by atoms with van der Waals surface area (Å²) < 4.78 is 10.9. The number of halogens is 2. The highest BCUT2D eigenvalue weighted by Gasteiger charge is 2.27. The Morgan fingerprint density at radius 2 is 1.86 bits per heavy atom. The van der Waals surface area contributed by atoms with Crippen LogP contribution in [0.25, 0.3) is 0 Å². The molecule has 0 saturated carbocycles. The highest BCUT2D eigenvalue weighted by Crippen LogP contribution is 2.37. The van der Waals surface area contributed by atoms with Gasteiger partial charge in [0, 0.05) is 5.56 Å². The van der Waals surface area contributed by atoms with Gasteiger partial charge in [0.25, 0.3) is 5.91 Å². The van der Waals surface area contributed by atoms with E-state index in [0.717, 1.165) is 0 Å². The summed E-state index contributed by atoms with van der Waals surface area (Å²) in [6.45, 7) is 0. The maximum atomic E-state index is 12.1. The summed E-state index contributed by atoms with van der Waals surface area (Å²) in [5.41, 5.74) is 1.15. The van der Waals surface area contributed by atoms with E-state index in [1.165, 1.54) is 7.11 Å². The number of para-hydroxylation sites is 1. The first-order chi connectivity index (χ1) is 10.1. The van der Waals surface area contributed by atoms with Gasteiger partial charge in [-0.1, -0.05) is 35.3 Å². The zero-order chi connectivity index (χ0) is 15.0. The van der Waals surface area contributed by atoms with Crippen LogP contribution in [0, 0.1) is 0 Å². The third-order valence-corrected chi connectivity index (χ3v) is 3.73. The number of ether oxygens (including phenoxy) is 2. The molecule has 2 aromatic carbocycles. The molecule has 108 valence electrons. The zero-order valence-electron chi connectivity index (χ0n) is 11.0. The summed E-state index contributed by atoms with van der Waals surface area (Å²) in [6.07, 6.45) is -0.645. The number of amides is 1. The zero-order valence-corrected chi connectivity index (χ0v) is 12.5. The largest absolute Gasteiger partial charge is 0.494 e. The molecule has 21 heavy (non-hydrogen) atoms. The van der Waals surface area contributed by atoms with E-state index in [4.69, 9.17) is 32.7 Å². The molecule has 0 fully saturated rings. The van der Waals surface area contributed by atoms with Gasteiger partial charge in [0.1, 0.15) is 5.75 Å². The highest BCUT2D eigenvalue weighted by atomic mass is 35.5. The van der Waals surface area contributed by atoms with Crippen LogP contribution in [0.3, 0.4) is 0 Å². The fourth-order valence-electron chi connectivity index (χ4n) is 2.19. The van der Waals surface area contributed by atoms with Gasteiger partial charge in [-0.15, -0.1) is 0 Å². The first kappa shape index (κ1) is 14.0. The first-order valence-electron chi connectivity index (χ1n) is 6.19. The minimum atomic E-state index is -0.645. The van der Waals surface area contributed by atoms with Crippen molar-refractivity contribution in [2.75, 3.05) is 7.11 Å². The van der Waals surface area contributed by atoms with E-state index in [1.807, 2.05) is 6.07 Å². The van der Waals surface area contributed by atoms with Gasteiger partial charge in [-0.2, -0.15) is 0 Å². The molecule has 1 aliphatic rings. The molecule has 6 heteroatoms. The smallest absolute Gasteiger partial charge is 0.258 e. The van der Waals surface area contributed by atoms with Gasteiger partial charge in [-0.3, -0.25) is 4.79 Å². The predicted molar refractivity (Wildman–Crippen MR) is 80.3 cm³/mol. The van der Waals surface area contributed by atoms with Crippen LogP contribution in [0.2, 0.25) is 10.0 Å². The number of rotatable bonds is 2. The molecule has 1 amide bonds. The van der Waals surface area contributed by atoms with Crippen molar-refractivity contribution in [3.63, 3.8) is 0 Å². The van der Waals surface area contributed by atoms with Crippen molar-refractivity contribution in [1.82, 2.24) is 5.32 Å². The minimum Gasteiger partial charge on any atom is -0.494 e. The Hall–Kier alpha value is -1.91. The molecule has 0 radical (unpaired) electrons. The highest BCUT2D eigenvalue weighted by molar-refractivity contribution is 6.37. The Morgan fingerprint density at radius 1 is 1.19 bits per heavy atom. The maximum absolute atomic E-state index is 12.1. The average molecular weight is 324 g/mol. The van der Waals surface area contributed by atoms with Crippen molar-refractivity contribution >= 4 is 29.1 Å².